The summed E-state index contributed by atoms with van der Waals surface area (Å²) >= 11 is 0. The van der Waals surface area contributed by atoms with Crippen LogP contribution < -0.4 is 5.32 Å². The van der Waals surface area contributed by atoms with E-state index in [4.69, 9.17) is 0 Å². The topological polar surface area (TPSA) is 60.9 Å². The van der Waals surface area contributed by atoms with Crippen molar-refractivity contribution >= 4 is 10.9 Å². The Morgan fingerprint density at radius 1 is 1.47 bits per heavy atom. The lowest BCUT2D eigenvalue weighted by atomic mass is 9.93. The van der Waals surface area contributed by atoms with Gasteiger partial charge in [0.25, 0.3) is 0 Å². The standard InChI is InChI=1S/C13H17N3O/c17-13(8-14-9-3-1-4-9)10-5-2-6-12-11(10)7-15-16-12/h2,5-7,9,13-14,17H,1,3-4,8H2,(H,15,16)/t13-/m0/s1. The first kappa shape index (κ1) is 10.7. The molecule has 17 heavy (non-hydrogen) atoms. The molecule has 1 aliphatic rings. The number of aliphatic hydroxyl groups is 1. The second-order valence-corrected chi connectivity index (χ2v) is 4.73. The number of benzene rings is 1. The highest BCUT2D eigenvalue weighted by Crippen LogP contribution is 2.23. The van der Waals surface area contributed by atoms with Crippen molar-refractivity contribution in [3.05, 3.63) is 30.0 Å². The smallest absolute Gasteiger partial charge is 0.0921 e. The van der Waals surface area contributed by atoms with Crippen LogP contribution in [-0.4, -0.2) is 27.9 Å². The summed E-state index contributed by atoms with van der Waals surface area (Å²) in [5.74, 6) is 0. The van der Waals surface area contributed by atoms with Gasteiger partial charge in [0, 0.05) is 18.0 Å². The molecule has 0 bridgehead atoms. The highest BCUT2D eigenvalue weighted by Gasteiger charge is 2.19. The maximum absolute atomic E-state index is 10.2. The largest absolute Gasteiger partial charge is 0.387 e. The SMILES string of the molecule is O[C@@H](CNC1CCC1)c1cccc2[nH]ncc12. The van der Waals surface area contributed by atoms with Gasteiger partial charge >= 0.3 is 0 Å². The number of hydrogen-bond acceptors (Lipinski definition) is 3. The van der Waals surface area contributed by atoms with Crippen molar-refractivity contribution < 1.29 is 5.11 Å². The van der Waals surface area contributed by atoms with Crippen LogP contribution in [0.4, 0.5) is 0 Å². The Morgan fingerprint density at radius 2 is 2.35 bits per heavy atom. The molecule has 1 aromatic heterocycles. The number of aromatic amines is 1. The fourth-order valence-corrected chi connectivity index (χ4v) is 2.28. The number of fused-ring (bicyclic) bond motifs is 1. The first-order valence-corrected chi connectivity index (χ1v) is 6.18. The average Bonchev–Trinajstić information content (AvgIpc) is 2.74. The first-order chi connectivity index (χ1) is 8.34. The van der Waals surface area contributed by atoms with Gasteiger partial charge in [-0.1, -0.05) is 18.6 Å². The Labute approximate surface area is 100 Å². The maximum Gasteiger partial charge on any atom is 0.0921 e. The van der Waals surface area contributed by atoms with Crippen LogP contribution in [0.2, 0.25) is 0 Å². The van der Waals surface area contributed by atoms with Crippen molar-refractivity contribution in [3.63, 3.8) is 0 Å². The summed E-state index contributed by atoms with van der Waals surface area (Å²) in [6.45, 7) is 0.620. The number of rotatable bonds is 4. The Bertz CT molecular complexity index is 504. The van der Waals surface area contributed by atoms with Gasteiger partial charge in [0.2, 0.25) is 0 Å². The highest BCUT2D eigenvalue weighted by atomic mass is 16.3. The van der Waals surface area contributed by atoms with Gasteiger partial charge in [-0.25, -0.2) is 0 Å². The van der Waals surface area contributed by atoms with Crippen LogP contribution in [0.25, 0.3) is 10.9 Å². The maximum atomic E-state index is 10.2. The zero-order chi connectivity index (χ0) is 11.7. The normalized spacial score (nSPS) is 18.2. The fraction of sp³-hybridized carbons (Fsp3) is 0.462. The molecule has 1 fully saturated rings. The molecule has 90 valence electrons. The average molecular weight is 231 g/mol. The van der Waals surface area contributed by atoms with Crippen LogP contribution in [0.15, 0.2) is 24.4 Å². The van der Waals surface area contributed by atoms with E-state index in [0.29, 0.717) is 12.6 Å². The Hall–Kier alpha value is -1.39. The highest BCUT2D eigenvalue weighted by molar-refractivity contribution is 5.81. The monoisotopic (exact) mass is 231 g/mol. The van der Waals surface area contributed by atoms with Crippen molar-refractivity contribution in [2.24, 2.45) is 0 Å². The van der Waals surface area contributed by atoms with Gasteiger partial charge in [0.1, 0.15) is 0 Å². The van der Waals surface area contributed by atoms with Gasteiger partial charge in [-0.3, -0.25) is 5.10 Å². The van der Waals surface area contributed by atoms with Crippen molar-refractivity contribution in [1.82, 2.24) is 15.5 Å². The minimum atomic E-state index is -0.461. The lowest BCUT2D eigenvalue weighted by Gasteiger charge is -2.27. The molecule has 2 aromatic rings. The third-order valence-electron chi connectivity index (χ3n) is 3.58. The fourth-order valence-electron chi connectivity index (χ4n) is 2.28. The zero-order valence-corrected chi connectivity index (χ0v) is 9.69. The molecule has 4 nitrogen and oxygen atoms in total. The van der Waals surface area contributed by atoms with E-state index in [1.807, 2.05) is 18.2 Å². The number of nitrogens with zero attached hydrogens (tertiary/aromatic N) is 1. The summed E-state index contributed by atoms with van der Waals surface area (Å²) in [5.41, 5.74) is 1.92. The molecule has 1 atom stereocenters. The number of aliphatic hydroxyl groups excluding tert-OH is 1. The molecule has 0 spiro atoms. The van der Waals surface area contributed by atoms with E-state index < -0.39 is 6.10 Å². The van der Waals surface area contributed by atoms with E-state index in [-0.39, 0.29) is 0 Å². The Balaban J connectivity index is 1.75. The third-order valence-corrected chi connectivity index (χ3v) is 3.58. The zero-order valence-electron chi connectivity index (χ0n) is 9.69. The minimum Gasteiger partial charge on any atom is -0.387 e. The van der Waals surface area contributed by atoms with E-state index in [0.717, 1.165) is 16.5 Å². The molecular weight excluding hydrogens is 214 g/mol. The van der Waals surface area contributed by atoms with Crippen LogP contribution in [0.1, 0.15) is 30.9 Å². The molecule has 3 N–H and O–H groups in total. The van der Waals surface area contributed by atoms with Crippen LogP contribution in [0.5, 0.6) is 0 Å². The molecule has 0 saturated heterocycles. The number of hydrogen-bond donors (Lipinski definition) is 3. The number of nitrogens with one attached hydrogen (secondary N) is 2. The van der Waals surface area contributed by atoms with Crippen LogP contribution >= 0.6 is 0 Å². The Morgan fingerprint density at radius 3 is 3.12 bits per heavy atom. The quantitative estimate of drug-likeness (QED) is 0.751. The van der Waals surface area contributed by atoms with Gasteiger partial charge in [0.15, 0.2) is 0 Å². The number of H-pyrrole nitrogens is 1. The molecule has 3 rings (SSSR count). The molecule has 4 heteroatoms. The Kier molecular flexibility index (Phi) is 2.82. The minimum absolute atomic E-state index is 0.461. The molecule has 0 unspecified atom stereocenters. The molecule has 0 amide bonds. The lowest BCUT2D eigenvalue weighted by molar-refractivity contribution is 0.162. The summed E-state index contributed by atoms with van der Waals surface area (Å²) < 4.78 is 0. The van der Waals surface area contributed by atoms with E-state index in [2.05, 4.69) is 15.5 Å². The summed E-state index contributed by atoms with van der Waals surface area (Å²) in [7, 11) is 0. The van der Waals surface area contributed by atoms with Crippen LogP contribution in [0.3, 0.4) is 0 Å². The molecule has 1 aliphatic carbocycles. The van der Waals surface area contributed by atoms with Crippen molar-refractivity contribution in [2.45, 2.75) is 31.4 Å². The van der Waals surface area contributed by atoms with Crippen molar-refractivity contribution in [1.29, 1.82) is 0 Å². The van der Waals surface area contributed by atoms with Gasteiger partial charge in [-0.05, 0) is 24.5 Å². The lowest BCUT2D eigenvalue weighted by Crippen LogP contribution is -2.37. The molecule has 1 heterocycles. The molecule has 0 radical (unpaired) electrons. The molecule has 0 aliphatic heterocycles. The van der Waals surface area contributed by atoms with Crippen molar-refractivity contribution in [3.8, 4) is 0 Å². The summed E-state index contributed by atoms with van der Waals surface area (Å²) in [5, 5.41) is 21.5. The van der Waals surface area contributed by atoms with E-state index >= 15 is 0 Å². The van der Waals surface area contributed by atoms with E-state index in [1.165, 1.54) is 19.3 Å². The van der Waals surface area contributed by atoms with Gasteiger partial charge in [0.05, 0.1) is 17.8 Å². The predicted molar refractivity (Wildman–Crippen MR) is 66.7 cm³/mol. The number of aromatic nitrogens is 2. The molecule has 1 saturated carbocycles. The predicted octanol–water partition coefficient (Wildman–Crippen LogP) is 1.74. The second-order valence-electron chi connectivity index (χ2n) is 4.73. The van der Waals surface area contributed by atoms with E-state index in [9.17, 15) is 5.11 Å². The van der Waals surface area contributed by atoms with Crippen molar-refractivity contribution in [2.75, 3.05) is 6.54 Å². The van der Waals surface area contributed by atoms with Gasteiger partial charge in [-0.15, -0.1) is 0 Å². The summed E-state index contributed by atoms with van der Waals surface area (Å²) in [6.07, 6.45) is 5.10. The molecule has 1 aromatic carbocycles. The van der Waals surface area contributed by atoms with Crippen LogP contribution in [0, 0.1) is 0 Å². The summed E-state index contributed by atoms with van der Waals surface area (Å²) in [6, 6.07) is 6.49. The first-order valence-electron chi connectivity index (χ1n) is 6.18. The molecular formula is C13H17N3O. The van der Waals surface area contributed by atoms with Gasteiger partial charge in [-0.2, -0.15) is 5.10 Å². The second kappa shape index (κ2) is 4.47. The van der Waals surface area contributed by atoms with Gasteiger partial charge < -0.3 is 10.4 Å². The third kappa shape index (κ3) is 2.06. The summed E-state index contributed by atoms with van der Waals surface area (Å²) in [4.78, 5) is 0. The van der Waals surface area contributed by atoms with Crippen LogP contribution in [-0.2, 0) is 0 Å². The van der Waals surface area contributed by atoms with E-state index in [1.54, 1.807) is 6.20 Å².